The number of aryl methyl sites for hydroxylation is 1. The first-order valence-corrected chi connectivity index (χ1v) is 5.43. The first-order chi connectivity index (χ1) is 7.30. The molecule has 2 aromatic heterocycles. The van der Waals surface area contributed by atoms with Gasteiger partial charge in [-0.05, 0) is 6.42 Å². The highest BCUT2D eigenvalue weighted by molar-refractivity contribution is 7.16. The second-order valence-electron chi connectivity index (χ2n) is 3.04. The van der Waals surface area contributed by atoms with Gasteiger partial charge in [-0.25, -0.2) is 4.98 Å². The van der Waals surface area contributed by atoms with Crippen molar-refractivity contribution in [2.45, 2.75) is 20.0 Å². The van der Waals surface area contributed by atoms with E-state index in [1.165, 1.54) is 11.3 Å². The summed E-state index contributed by atoms with van der Waals surface area (Å²) in [4.78, 5) is 16.0. The van der Waals surface area contributed by atoms with Gasteiger partial charge in [0.15, 0.2) is 6.29 Å². The average molecular weight is 225 g/mol. The van der Waals surface area contributed by atoms with Crippen molar-refractivity contribution in [2.24, 2.45) is 0 Å². The van der Waals surface area contributed by atoms with Gasteiger partial charge in [0.2, 0.25) is 4.96 Å². The lowest BCUT2D eigenvalue weighted by Crippen LogP contribution is -1.98. The molecule has 80 valence electrons. The molecule has 15 heavy (non-hydrogen) atoms. The number of rotatable bonds is 4. The van der Waals surface area contributed by atoms with E-state index in [9.17, 15) is 4.79 Å². The molecule has 0 aromatic carbocycles. The first-order valence-electron chi connectivity index (χ1n) is 4.61. The SMILES string of the molecule is CCc1nn2c(C=O)c(COC)nc2s1. The standard InChI is InChI=1S/C9H11N3O2S/c1-3-8-11-12-7(4-13)6(5-14-2)10-9(12)15-8/h4H,3,5H2,1-2H3. The second kappa shape index (κ2) is 4.08. The van der Waals surface area contributed by atoms with Crippen LogP contribution in [0.15, 0.2) is 0 Å². The van der Waals surface area contributed by atoms with Crippen LogP contribution < -0.4 is 0 Å². The highest BCUT2D eigenvalue weighted by Crippen LogP contribution is 2.18. The third-order valence-electron chi connectivity index (χ3n) is 2.05. The van der Waals surface area contributed by atoms with E-state index in [0.717, 1.165) is 22.7 Å². The Morgan fingerprint density at radius 3 is 3.00 bits per heavy atom. The van der Waals surface area contributed by atoms with Crippen molar-refractivity contribution in [1.29, 1.82) is 0 Å². The Labute approximate surface area is 90.7 Å². The van der Waals surface area contributed by atoms with Crippen LogP contribution in [0.25, 0.3) is 4.96 Å². The fourth-order valence-electron chi connectivity index (χ4n) is 1.35. The van der Waals surface area contributed by atoms with Crippen molar-refractivity contribution in [2.75, 3.05) is 7.11 Å². The summed E-state index contributed by atoms with van der Waals surface area (Å²) in [6.07, 6.45) is 1.62. The number of hydrogen-bond acceptors (Lipinski definition) is 5. The predicted octanol–water partition coefficient (Wildman–Crippen LogP) is 1.31. The predicted molar refractivity (Wildman–Crippen MR) is 56.3 cm³/mol. The summed E-state index contributed by atoms with van der Waals surface area (Å²) in [5.74, 6) is 0. The molecule has 0 aliphatic rings. The lowest BCUT2D eigenvalue weighted by molar-refractivity contribution is 0.111. The van der Waals surface area contributed by atoms with Crippen LogP contribution in [0.5, 0.6) is 0 Å². The third-order valence-corrected chi connectivity index (χ3v) is 3.10. The summed E-state index contributed by atoms with van der Waals surface area (Å²) in [7, 11) is 1.58. The van der Waals surface area contributed by atoms with E-state index in [-0.39, 0.29) is 0 Å². The lowest BCUT2D eigenvalue weighted by Gasteiger charge is -1.94. The molecule has 0 amide bonds. The molecule has 0 saturated carbocycles. The summed E-state index contributed by atoms with van der Waals surface area (Å²) < 4.78 is 6.56. The smallest absolute Gasteiger partial charge is 0.213 e. The van der Waals surface area contributed by atoms with Crippen LogP contribution in [0.2, 0.25) is 0 Å². The van der Waals surface area contributed by atoms with Gasteiger partial charge in [0.25, 0.3) is 0 Å². The number of nitrogens with zero attached hydrogens (tertiary/aromatic N) is 3. The fraction of sp³-hybridized carbons (Fsp3) is 0.444. The summed E-state index contributed by atoms with van der Waals surface area (Å²) in [5, 5.41) is 5.27. The molecule has 0 saturated heterocycles. The van der Waals surface area contributed by atoms with Crippen LogP contribution in [0.3, 0.4) is 0 Å². The van der Waals surface area contributed by atoms with E-state index >= 15 is 0 Å². The molecule has 0 unspecified atom stereocenters. The Bertz CT molecular complexity index is 489. The second-order valence-corrected chi connectivity index (χ2v) is 4.08. The molecule has 0 radical (unpaired) electrons. The molecule has 0 spiro atoms. The van der Waals surface area contributed by atoms with Crippen molar-refractivity contribution in [3.63, 3.8) is 0 Å². The Hall–Kier alpha value is -1.27. The zero-order chi connectivity index (χ0) is 10.8. The van der Waals surface area contributed by atoms with Crippen LogP contribution in [0, 0.1) is 0 Å². The molecule has 2 heterocycles. The monoisotopic (exact) mass is 225 g/mol. The number of carbonyl (C=O) groups is 1. The number of imidazole rings is 1. The molecular formula is C9H11N3O2S. The Morgan fingerprint density at radius 1 is 1.60 bits per heavy atom. The van der Waals surface area contributed by atoms with Gasteiger partial charge in [-0.1, -0.05) is 18.3 Å². The molecule has 0 bridgehead atoms. The summed E-state index contributed by atoms with van der Waals surface area (Å²) >= 11 is 1.50. The molecule has 5 nitrogen and oxygen atoms in total. The van der Waals surface area contributed by atoms with E-state index in [1.807, 2.05) is 6.92 Å². The van der Waals surface area contributed by atoms with Crippen molar-refractivity contribution in [3.05, 3.63) is 16.4 Å². The lowest BCUT2D eigenvalue weighted by atomic mass is 10.3. The third kappa shape index (κ3) is 1.66. The van der Waals surface area contributed by atoms with Crippen LogP contribution in [-0.4, -0.2) is 28.0 Å². The number of fused-ring (bicyclic) bond motifs is 1. The van der Waals surface area contributed by atoms with Crippen LogP contribution in [0.4, 0.5) is 0 Å². The minimum atomic E-state index is 0.339. The maximum Gasteiger partial charge on any atom is 0.213 e. The topological polar surface area (TPSA) is 56.5 Å². The molecule has 0 fully saturated rings. The zero-order valence-corrected chi connectivity index (χ0v) is 9.37. The van der Waals surface area contributed by atoms with Gasteiger partial charge in [-0.15, -0.1) is 0 Å². The Kier molecular flexibility index (Phi) is 2.79. The van der Waals surface area contributed by atoms with Crippen molar-refractivity contribution in [3.8, 4) is 0 Å². The van der Waals surface area contributed by atoms with Gasteiger partial charge in [-0.3, -0.25) is 4.79 Å². The summed E-state index contributed by atoms with van der Waals surface area (Å²) in [6.45, 7) is 2.36. The largest absolute Gasteiger partial charge is 0.378 e. The van der Waals surface area contributed by atoms with Crippen molar-refractivity contribution in [1.82, 2.24) is 14.6 Å². The average Bonchev–Trinajstić information content (AvgIpc) is 2.74. The minimum Gasteiger partial charge on any atom is -0.378 e. The van der Waals surface area contributed by atoms with Crippen LogP contribution in [0.1, 0.15) is 28.1 Å². The van der Waals surface area contributed by atoms with E-state index < -0.39 is 0 Å². The van der Waals surface area contributed by atoms with Crippen molar-refractivity contribution >= 4 is 22.6 Å². The zero-order valence-electron chi connectivity index (χ0n) is 8.56. The maximum absolute atomic E-state index is 10.9. The quantitative estimate of drug-likeness (QED) is 0.736. The van der Waals surface area contributed by atoms with E-state index in [0.29, 0.717) is 18.0 Å². The summed E-state index contributed by atoms with van der Waals surface area (Å²) in [6, 6.07) is 0. The maximum atomic E-state index is 10.9. The van der Waals surface area contributed by atoms with Crippen LogP contribution >= 0.6 is 11.3 Å². The van der Waals surface area contributed by atoms with Gasteiger partial charge in [0, 0.05) is 7.11 Å². The molecule has 0 aliphatic carbocycles. The Morgan fingerprint density at radius 2 is 2.40 bits per heavy atom. The molecule has 0 N–H and O–H groups in total. The normalized spacial score (nSPS) is 11.1. The van der Waals surface area contributed by atoms with Crippen LogP contribution in [-0.2, 0) is 17.8 Å². The molecular weight excluding hydrogens is 214 g/mol. The van der Waals surface area contributed by atoms with Crippen molar-refractivity contribution < 1.29 is 9.53 Å². The minimum absolute atomic E-state index is 0.339. The molecule has 2 aromatic rings. The molecule has 0 atom stereocenters. The number of aldehydes is 1. The van der Waals surface area contributed by atoms with E-state index in [4.69, 9.17) is 4.74 Å². The number of aromatic nitrogens is 3. The number of ether oxygens (including phenoxy) is 1. The van der Waals surface area contributed by atoms with Gasteiger partial charge >= 0.3 is 0 Å². The van der Waals surface area contributed by atoms with E-state index in [1.54, 1.807) is 11.6 Å². The van der Waals surface area contributed by atoms with Gasteiger partial charge in [-0.2, -0.15) is 9.61 Å². The van der Waals surface area contributed by atoms with Gasteiger partial charge in [0.05, 0.1) is 12.3 Å². The molecule has 6 heteroatoms. The fourth-order valence-corrected chi connectivity index (χ4v) is 2.21. The number of methoxy groups -OCH3 is 1. The van der Waals surface area contributed by atoms with Gasteiger partial charge < -0.3 is 4.74 Å². The molecule has 0 aliphatic heterocycles. The Balaban J connectivity index is 2.56. The molecule has 2 rings (SSSR count). The highest BCUT2D eigenvalue weighted by Gasteiger charge is 2.14. The summed E-state index contributed by atoms with van der Waals surface area (Å²) in [5.41, 5.74) is 1.14. The van der Waals surface area contributed by atoms with Gasteiger partial charge in [0.1, 0.15) is 10.7 Å². The first kappa shape index (κ1) is 10.3. The highest BCUT2D eigenvalue weighted by atomic mass is 32.1. The van der Waals surface area contributed by atoms with E-state index in [2.05, 4.69) is 10.1 Å². The number of carbonyl (C=O) groups excluding carboxylic acids is 1. The number of hydrogen-bond donors (Lipinski definition) is 0.